The molecule has 0 aliphatic rings. The lowest BCUT2D eigenvalue weighted by molar-refractivity contribution is 0.374. The fourth-order valence-electron chi connectivity index (χ4n) is 1.91. The van der Waals surface area contributed by atoms with Crippen LogP contribution in [0.3, 0.4) is 0 Å². The van der Waals surface area contributed by atoms with Crippen molar-refractivity contribution in [1.29, 1.82) is 0 Å². The predicted molar refractivity (Wildman–Crippen MR) is 81.0 cm³/mol. The van der Waals surface area contributed by atoms with E-state index in [0.717, 1.165) is 25.3 Å². The number of benzene rings is 1. The maximum absolute atomic E-state index is 10.2. The molecule has 0 spiro atoms. The molecule has 0 radical (unpaired) electrons. The van der Waals surface area contributed by atoms with Crippen LogP contribution in [-0.2, 0) is 0 Å². The molecule has 0 aliphatic heterocycles. The number of rotatable bonds is 2. The lowest BCUT2D eigenvalue weighted by atomic mass is 10.1. The highest BCUT2D eigenvalue weighted by molar-refractivity contribution is 9.10. The van der Waals surface area contributed by atoms with Gasteiger partial charge in [0.05, 0.1) is 7.11 Å². The van der Waals surface area contributed by atoms with Gasteiger partial charge in [0.15, 0.2) is 11.5 Å². The van der Waals surface area contributed by atoms with E-state index in [9.17, 15) is 5.11 Å². The van der Waals surface area contributed by atoms with Crippen LogP contribution >= 0.6 is 27.3 Å². The second-order valence-corrected chi connectivity index (χ2v) is 5.84. The van der Waals surface area contributed by atoms with Gasteiger partial charge in [0, 0.05) is 15.8 Å². The smallest absolute Gasteiger partial charge is 0.166 e. The summed E-state index contributed by atoms with van der Waals surface area (Å²) in [7, 11) is 1.54. The molecule has 3 rings (SSSR count). The zero-order chi connectivity index (χ0) is 13.4. The highest BCUT2D eigenvalue weighted by Gasteiger charge is 2.12. The average Bonchev–Trinajstić information content (AvgIpc) is 2.81. The van der Waals surface area contributed by atoms with Crippen LogP contribution in [0.1, 0.15) is 0 Å². The summed E-state index contributed by atoms with van der Waals surface area (Å²) < 4.78 is 5.94. The molecule has 0 fully saturated rings. The van der Waals surface area contributed by atoms with Crippen molar-refractivity contribution in [1.82, 2.24) is 4.98 Å². The van der Waals surface area contributed by atoms with E-state index in [0.29, 0.717) is 5.75 Å². The van der Waals surface area contributed by atoms with Crippen LogP contribution in [-0.4, -0.2) is 17.2 Å². The first-order chi connectivity index (χ1) is 9.19. The number of aromatic nitrogens is 1. The highest BCUT2D eigenvalue weighted by Crippen LogP contribution is 2.41. The molecule has 0 aliphatic carbocycles. The Balaban J connectivity index is 2.19. The van der Waals surface area contributed by atoms with Crippen LogP contribution in [0.5, 0.6) is 11.5 Å². The van der Waals surface area contributed by atoms with Crippen LogP contribution < -0.4 is 4.74 Å². The van der Waals surface area contributed by atoms with Crippen LogP contribution in [0.25, 0.3) is 20.7 Å². The molecule has 3 aromatic rings. The first-order valence-electron chi connectivity index (χ1n) is 5.61. The number of hydrogen-bond acceptors (Lipinski definition) is 4. The Morgan fingerprint density at radius 1 is 1.26 bits per heavy atom. The number of pyridine rings is 1. The van der Waals surface area contributed by atoms with E-state index in [1.807, 2.05) is 30.3 Å². The highest BCUT2D eigenvalue weighted by atomic mass is 79.9. The first kappa shape index (κ1) is 12.4. The first-order valence-corrected chi connectivity index (χ1v) is 7.22. The number of nitrogens with zero attached hydrogens (tertiary/aromatic N) is 1. The van der Waals surface area contributed by atoms with Gasteiger partial charge in [-0.15, -0.1) is 11.3 Å². The van der Waals surface area contributed by atoms with Gasteiger partial charge >= 0.3 is 0 Å². The third kappa shape index (κ3) is 2.19. The monoisotopic (exact) mass is 335 g/mol. The molecule has 5 heteroatoms. The normalized spacial score (nSPS) is 10.8. The Labute approximate surface area is 122 Å². The Morgan fingerprint density at radius 3 is 2.89 bits per heavy atom. The van der Waals surface area contributed by atoms with Crippen LogP contribution in [0, 0.1) is 0 Å². The van der Waals surface area contributed by atoms with E-state index in [2.05, 4.69) is 20.9 Å². The summed E-state index contributed by atoms with van der Waals surface area (Å²) in [6.07, 6.45) is 0. The summed E-state index contributed by atoms with van der Waals surface area (Å²) in [4.78, 5) is 6.32. The Bertz CT molecular complexity index is 754. The van der Waals surface area contributed by atoms with Gasteiger partial charge in [-0.05, 0) is 46.3 Å². The van der Waals surface area contributed by atoms with Gasteiger partial charge in [0.25, 0.3) is 0 Å². The molecule has 0 saturated heterocycles. The molecule has 2 aromatic heterocycles. The molecule has 96 valence electrons. The van der Waals surface area contributed by atoms with E-state index < -0.39 is 0 Å². The quantitative estimate of drug-likeness (QED) is 0.704. The van der Waals surface area contributed by atoms with Gasteiger partial charge in [-0.1, -0.05) is 6.07 Å². The molecular formula is C14H10BrNO2S. The number of ether oxygens (including phenoxy) is 1. The van der Waals surface area contributed by atoms with Crippen molar-refractivity contribution in [2.45, 2.75) is 0 Å². The molecule has 19 heavy (non-hydrogen) atoms. The number of para-hydroxylation sites is 1. The molecule has 0 atom stereocenters. The van der Waals surface area contributed by atoms with Gasteiger partial charge in [-0.25, -0.2) is 4.98 Å². The summed E-state index contributed by atoms with van der Waals surface area (Å²) >= 11 is 4.90. The van der Waals surface area contributed by atoms with Crippen molar-refractivity contribution in [2.24, 2.45) is 0 Å². The molecule has 0 bridgehead atoms. The van der Waals surface area contributed by atoms with Gasteiger partial charge in [0.2, 0.25) is 0 Å². The number of fused-ring (bicyclic) bond motifs is 1. The number of aromatic hydroxyl groups is 1. The van der Waals surface area contributed by atoms with Gasteiger partial charge in [-0.2, -0.15) is 0 Å². The van der Waals surface area contributed by atoms with E-state index in [1.165, 1.54) is 0 Å². The van der Waals surface area contributed by atoms with Crippen LogP contribution in [0.15, 0.2) is 41.0 Å². The molecule has 1 N–H and O–H groups in total. The van der Waals surface area contributed by atoms with E-state index in [1.54, 1.807) is 24.5 Å². The van der Waals surface area contributed by atoms with E-state index in [4.69, 9.17) is 4.74 Å². The number of halogens is 1. The number of hydrogen-bond donors (Lipinski definition) is 1. The molecule has 0 saturated carbocycles. The van der Waals surface area contributed by atoms with E-state index in [-0.39, 0.29) is 5.75 Å². The lowest BCUT2D eigenvalue weighted by Gasteiger charge is -2.06. The third-order valence-electron chi connectivity index (χ3n) is 2.83. The fourth-order valence-corrected chi connectivity index (χ4v) is 3.40. The zero-order valence-corrected chi connectivity index (χ0v) is 12.5. The topological polar surface area (TPSA) is 42.4 Å². The SMILES string of the molecule is COc1cccc(-c2cc3ccc(Br)nc3s2)c1O. The Morgan fingerprint density at radius 2 is 2.11 bits per heavy atom. The second kappa shape index (κ2) is 4.83. The molecule has 2 heterocycles. The van der Waals surface area contributed by atoms with Gasteiger partial charge < -0.3 is 9.84 Å². The van der Waals surface area contributed by atoms with Gasteiger partial charge in [0.1, 0.15) is 9.43 Å². The standard InChI is InChI=1S/C14H10BrNO2S/c1-18-10-4-2-3-9(13(10)17)11-7-8-5-6-12(15)16-14(8)19-11/h2-7,17H,1H3. The van der Waals surface area contributed by atoms with Crippen molar-refractivity contribution in [3.05, 3.63) is 41.0 Å². The van der Waals surface area contributed by atoms with E-state index >= 15 is 0 Å². The van der Waals surface area contributed by atoms with Crippen molar-refractivity contribution in [2.75, 3.05) is 7.11 Å². The fraction of sp³-hybridized carbons (Fsp3) is 0.0714. The summed E-state index contributed by atoms with van der Waals surface area (Å²) in [6, 6.07) is 11.4. The minimum Gasteiger partial charge on any atom is -0.504 e. The molecule has 3 nitrogen and oxygen atoms in total. The molecule has 0 unspecified atom stereocenters. The molecular weight excluding hydrogens is 326 g/mol. The second-order valence-electron chi connectivity index (χ2n) is 4.00. The Hall–Kier alpha value is -1.59. The van der Waals surface area contributed by atoms with Crippen LogP contribution in [0.2, 0.25) is 0 Å². The maximum atomic E-state index is 10.2. The minimum atomic E-state index is 0.163. The Kier molecular flexibility index (Phi) is 3.16. The maximum Gasteiger partial charge on any atom is 0.166 e. The summed E-state index contributed by atoms with van der Waals surface area (Å²) in [5, 5.41) is 11.2. The predicted octanol–water partition coefficient (Wildman–Crippen LogP) is 4.44. The lowest BCUT2D eigenvalue weighted by Crippen LogP contribution is -1.84. The largest absolute Gasteiger partial charge is 0.504 e. The van der Waals surface area contributed by atoms with Crippen molar-refractivity contribution < 1.29 is 9.84 Å². The molecule has 0 amide bonds. The van der Waals surface area contributed by atoms with Crippen LogP contribution in [0.4, 0.5) is 0 Å². The number of phenolic OH excluding ortho intramolecular Hbond substituents is 1. The number of phenols is 1. The zero-order valence-electron chi connectivity index (χ0n) is 10.1. The number of methoxy groups -OCH3 is 1. The van der Waals surface area contributed by atoms with Crippen molar-refractivity contribution in [3.8, 4) is 21.9 Å². The summed E-state index contributed by atoms with van der Waals surface area (Å²) in [5.41, 5.74) is 0.762. The summed E-state index contributed by atoms with van der Waals surface area (Å²) in [5.74, 6) is 0.639. The van der Waals surface area contributed by atoms with Crippen molar-refractivity contribution in [3.63, 3.8) is 0 Å². The average molecular weight is 336 g/mol. The van der Waals surface area contributed by atoms with Gasteiger partial charge in [-0.3, -0.25) is 0 Å². The minimum absolute atomic E-state index is 0.163. The third-order valence-corrected chi connectivity index (χ3v) is 4.35. The number of thiophene rings is 1. The summed E-state index contributed by atoms with van der Waals surface area (Å²) in [6.45, 7) is 0. The molecule has 1 aromatic carbocycles. The van der Waals surface area contributed by atoms with Crippen molar-refractivity contribution >= 4 is 37.5 Å².